The summed E-state index contributed by atoms with van der Waals surface area (Å²) in [4.78, 5) is 32.5. The predicted molar refractivity (Wildman–Crippen MR) is 156 cm³/mol. The molecule has 11 nitrogen and oxygen atoms in total. The lowest BCUT2D eigenvalue weighted by Gasteiger charge is -2.50. The van der Waals surface area contributed by atoms with Gasteiger partial charge in [-0.1, -0.05) is 30.3 Å². The number of aliphatic hydroxyl groups is 2. The summed E-state index contributed by atoms with van der Waals surface area (Å²) in [5.74, 6) is -4.43. The van der Waals surface area contributed by atoms with E-state index >= 15 is 0 Å². The summed E-state index contributed by atoms with van der Waals surface area (Å²) >= 11 is 0. The summed E-state index contributed by atoms with van der Waals surface area (Å²) in [6, 6.07) is 12.9. The fraction of sp³-hybridized carbons (Fsp3) is 0.469. The molecule has 2 aliphatic rings. The Labute approximate surface area is 261 Å². The Kier molecular flexibility index (Phi) is 9.88. The zero-order chi connectivity index (χ0) is 34.1. The van der Waals surface area contributed by atoms with Gasteiger partial charge in [0.1, 0.15) is 16.9 Å². The molecule has 3 unspecified atom stereocenters. The number of benzene rings is 2. The molecular formula is C32H36F3NO10. The Morgan fingerprint density at radius 1 is 0.957 bits per heavy atom. The number of furan rings is 1. The summed E-state index contributed by atoms with van der Waals surface area (Å²) in [5, 5.41) is 46.8. The number of carbonyl (C=O) groups is 3. The Balaban J connectivity index is 0.000000315. The highest BCUT2D eigenvalue weighted by atomic mass is 19.4. The molecule has 1 aromatic heterocycles. The molecule has 0 saturated heterocycles. The molecule has 2 heterocycles. The van der Waals surface area contributed by atoms with Gasteiger partial charge in [0.25, 0.3) is 0 Å². The van der Waals surface area contributed by atoms with Gasteiger partial charge in [0.15, 0.2) is 5.60 Å². The number of rotatable bonds is 8. The van der Waals surface area contributed by atoms with Gasteiger partial charge in [0.05, 0.1) is 30.6 Å². The number of hydrogen-bond donors (Lipinski definition) is 5. The van der Waals surface area contributed by atoms with Crippen LogP contribution in [0.3, 0.4) is 0 Å². The molecule has 1 spiro atoms. The van der Waals surface area contributed by atoms with Crippen molar-refractivity contribution in [2.24, 2.45) is 5.92 Å². The summed E-state index contributed by atoms with van der Waals surface area (Å²) in [5.41, 5.74) is -2.84. The second-order valence-corrected chi connectivity index (χ2v) is 12.1. The SMILES string of the molecule is CN(C)CC1CC2(CCC1(O)c1ccc(C(F)(F)F)cc1)OCCc1c2oc2ccccc12.O=C(O)CC(O)(CC(=O)O)C(=O)O. The van der Waals surface area contributed by atoms with E-state index in [-0.39, 0.29) is 5.92 Å². The Morgan fingerprint density at radius 2 is 1.57 bits per heavy atom. The summed E-state index contributed by atoms with van der Waals surface area (Å²) in [6.45, 7) is 1.14. The normalized spacial score (nSPS) is 23.1. The van der Waals surface area contributed by atoms with Crippen LogP contribution in [0.1, 0.15) is 54.6 Å². The number of fused-ring (bicyclic) bond motifs is 4. The van der Waals surface area contributed by atoms with Crippen LogP contribution in [-0.2, 0) is 42.9 Å². The van der Waals surface area contributed by atoms with Crippen LogP contribution >= 0.6 is 0 Å². The van der Waals surface area contributed by atoms with Crippen molar-refractivity contribution in [3.8, 4) is 0 Å². The molecule has 3 aromatic rings. The van der Waals surface area contributed by atoms with Crippen LogP contribution in [0.25, 0.3) is 11.0 Å². The predicted octanol–water partition coefficient (Wildman–Crippen LogP) is 4.22. The first-order valence-corrected chi connectivity index (χ1v) is 14.5. The Bertz CT molecular complexity index is 1570. The number of halogens is 3. The van der Waals surface area contributed by atoms with E-state index in [1.165, 1.54) is 17.7 Å². The van der Waals surface area contributed by atoms with Gasteiger partial charge in [-0.3, -0.25) is 9.59 Å². The van der Waals surface area contributed by atoms with Crippen LogP contribution < -0.4 is 0 Å². The smallest absolute Gasteiger partial charge is 0.416 e. The van der Waals surface area contributed by atoms with Crippen molar-refractivity contribution in [1.29, 1.82) is 0 Å². The molecule has 5 N–H and O–H groups in total. The number of ether oxygens (including phenoxy) is 1. The second kappa shape index (κ2) is 13.0. The maximum atomic E-state index is 13.1. The van der Waals surface area contributed by atoms with E-state index in [0.29, 0.717) is 38.0 Å². The van der Waals surface area contributed by atoms with Crippen molar-refractivity contribution in [1.82, 2.24) is 4.90 Å². The lowest BCUT2D eigenvalue weighted by Crippen LogP contribution is -2.51. The van der Waals surface area contributed by atoms with Crippen molar-refractivity contribution >= 4 is 28.9 Å². The maximum absolute atomic E-state index is 13.1. The average molecular weight is 652 g/mol. The number of para-hydroxylation sites is 1. The standard InChI is InChI=1S/C26H28F3NO3.C6H8O7/c1-30(2)16-19-15-24(23-21(11-14-32-24)20-5-3-4-6-22(20)33-23)12-13-25(19,31)17-7-9-18(10-8-17)26(27,28)29;7-3(8)1-6(13,5(11)12)2-4(9)10/h3-10,19,31H,11-16H2,1-2H3;13H,1-2H2,(H,7,8)(H,9,10)(H,11,12). The highest BCUT2D eigenvalue weighted by Crippen LogP contribution is 2.54. The molecule has 14 heteroatoms. The van der Waals surface area contributed by atoms with Gasteiger partial charge in [-0.25, -0.2) is 4.79 Å². The zero-order valence-corrected chi connectivity index (χ0v) is 25.2. The van der Waals surface area contributed by atoms with Gasteiger partial charge < -0.3 is 39.6 Å². The Hall–Kier alpha value is -3.98. The zero-order valence-electron chi connectivity index (χ0n) is 25.2. The maximum Gasteiger partial charge on any atom is 0.416 e. The van der Waals surface area contributed by atoms with Crippen LogP contribution in [-0.4, -0.2) is 81.2 Å². The molecule has 1 saturated carbocycles. The van der Waals surface area contributed by atoms with Gasteiger partial charge >= 0.3 is 24.1 Å². The van der Waals surface area contributed by atoms with E-state index in [1.807, 2.05) is 37.2 Å². The molecule has 0 amide bonds. The minimum atomic E-state index is -4.41. The molecule has 250 valence electrons. The number of aliphatic carboxylic acids is 3. The van der Waals surface area contributed by atoms with Crippen LogP contribution in [0.15, 0.2) is 52.9 Å². The third-order valence-corrected chi connectivity index (χ3v) is 8.59. The van der Waals surface area contributed by atoms with E-state index in [9.17, 15) is 32.7 Å². The minimum absolute atomic E-state index is 0.253. The quantitative estimate of drug-likeness (QED) is 0.236. The molecule has 0 bridgehead atoms. The topological polar surface area (TPSA) is 178 Å². The fourth-order valence-corrected chi connectivity index (χ4v) is 6.43. The van der Waals surface area contributed by atoms with Gasteiger partial charge in [0.2, 0.25) is 0 Å². The van der Waals surface area contributed by atoms with E-state index in [4.69, 9.17) is 29.6 Å². The van der Waals surface area contributed by atoms with Crippen LogP contribution in [0.4, 0.5) is 13.2 Å². The first-order valence-electron chi connectivity index (χ1n) is 14.5. The highest BCUT2D eigenvalue weighted by molar-refractivity contribution is 5.88. The summed E-state index contributed by atoms with van der Waals surface area (Å²) in [6.07, 6.45) is -4.50. The number of carboxylic acids is 3. The largest absolute Gasteiger partial charge is 0.481 e. The summed E-state index contributed by atoms with van der Waals surface area (Å²) in [7, 11) is 3.87. The number of nitrogens with zero attached hydrogens (tertiary/aromatic N) is 1. The van der Waals surface area contributed by atoms with Gasteiger partial charge in [-0.05, 0) is 63.5 Å². The molecule has 1 fully saturated rings. The Morgan fingerprint density at radius 3 is 2.11 bits per heavy atom. The van der Waals surface area contributed by atoms with Gasteiger partial charge in [-0.2, -0.15) is 13.2 Å². The fourth-order valence-electron chi connectivity index (χ4n) is 6.43. The van der Waals surface area contributed by atoms with Gasteiger partial charge in [0, 0.05) is 23.4 Å². The van der Waals surface area contributed by atoms with Crippen molar-refractivity contribution in [3.05, 3.63) is 71.0 Å². The molecule has 5 rings (SSSR count). The monoisotopic (exact) mass is 651 g/mol. The third-order valence-electron chi connectivity index (χ3n) is 8.59. The molecule has 2 aromatic carbocycles. The number of alkyl halides is 3. The van der Waals surface area contributed by atoms with E-state index in [2.05, 4.69) is 6.07 Å². The molecule has 1 aliphatic heterocycles. The van der Waals surface area contributed by atoms with E-state index in [0.717, 1.165) is 35.3 Å². The van der Waals surface area contributed by atoms with Crippen molar-refractivity contribution < 1.29 is 62.2 Å². The molecule has 46 heavy (non-hydrogen) atoms. The van der Waals surface area contributed by atoms with Crippen LogP contribution in [0, 0.1) is 5.92 Å². The van der Waals surface area contributed by atoms with Crippen molar-refractivity contribution in [2.45, 2.75) is 61.5 Å². The van der Waals surface area contributed by atoms with Crippen LogP contribution in [0.2, 0.25) is 0 Å². The van der Waals surface area contributed by atoms with Crippen molar-refractivity contribution in [3.63, 3.8) is 0 Å². The molecule has 1 aliphatic carbocycles. The molecule has 3 atom stereocenters. The lowest BCUT2D eigenvalue weighted by atomic mass is 9.64. The summed E-state index contributed by atoms with van der Waals surface area (Å²) < 4.78 is 51.9. The second-order valence-electron chi connectivity index (χ2n) is 12.1. The van der Waals surface area contributed by atoms with Crippen molar-refractivity contribution in [2.75, 3.05) is 27.2 Å². The lowest BCUT2D eigenvalue weighted by molar-refractivity contribution is -0.171. The van der Waals surface area contributed by atoms with E-state index < -0.39 is 59.3 Å². The number of hydrogen-bond acceptors (Lipinski definition) is 8. The van der Waals surface area contributed by atoms with Gasteiger partial charge in [-0.15, -0.1) is 0 Å². The number of carboxylic acid groups (broad SMARTS) is 3. The minimum Gasteiger partial charge on any atom is -0.481 e. The molecular weight excluding hydrogens is 615 g/mol. The first-order chi connectivity index (χ1) is 21.4. The first kappa shape index (κ1) is 34.9. The third kappa shape index (κ3) is 7.20. The molecule has 0 radical (unpaired) electrons. The van der Waals surface area contributed by atoms with E-state index in [1.54, 1.807) is 0 Å². The average Bonchev–Trinajstić information content (AvgIpc) is 3.34. The highest BCUT2D eigenvalue weighted by Gasteiger charge is 2.54. The van der Waals surface area contributed by atoms with Crippen LogP contribution in [0.5, 0.6) is 0 Å².